The summed E-state index contributed by atoms with van der Waals surface area (Å²) in [7, 11) is 0. The van der Waals surface area contributed by atoms with Gasteiger partial charge in [0.05, 0.1) is 0 Å². The molecule has 0 radical (unpaired) electrons. The minimum absolute atomic E-state index is 0.544. The van der Waals surface area contributed by atoms with Gasteiger partial charge in [-0.3, -0.25) is 4.99 Å². The first kappa shape index (κ1) is 5.91. The molecule has 2 rings (SSSR count). The van der Waals surface area contributed by atoms with E-state index in [-0.39, 0.29) is 0 Å². The highest BCUT2D eigenvalue weighted by molar-refractivity contribution is 8.14. The fourth-order valence-electron chi connectivity index (χ4n) is 0.732. The quantitative estimate of drug-likeness (QED) is 0.594. The van der Waals surface area contributed by atoms with Crippen LogP contribution in [0, 0.1) is 0 Å². The Balaban J connectivity index is 2.28. The summed E-state index contributed by atoms with van der Waals surface area (Å²) in [6, 6.07) is 0. The molecule has 4 nitrogen and oxygen atoms in total. The lowest BCUT2D eigenvalue weighted by atomic mass is 10.7. The molecule has 0 bridgehead atoms. The maximum absolute atomic E-state index is 4.80. The van der Waals surface area contributed by atoms with Gasteiger partial charge < -0.3 is 4.52 Å². The van der Waals surface area contributed by atoms with Crippen molar-refractivity contribution in [3.63, 3.8) is 0 Å². The van der Waals surface area contributed by atoms with E-state index in [1.807, 2.05) is 0 Å². The molecule has 0 spiro atoms. The molecular formula is C5H5N3OS. The van der Waals surface area contributed by atoms with E-state index in [0.29, 0.717) is 5.89 Å². The van der Waals surface area contributed by atoms with Gasteiger partial charge in [0.2, 0.25) is 0 Å². The van der Waals surface area contributed by atoms with E-state index in [9.17, 15) is 0 Å². The summed E-state index contributed by atoms with van der Waals surface area (Å²) in [6.45, 7) is 0.863. The average Bonchev–Trinajstić information content (AvgIpc) is 2.59. The lowest BCUT2D eigenvalue weighted by Gasteiger charge is -1.85. The monoisotopic (exact) mass is 155 g/mol. The molecule has 10 heavy (non-hydrogen) atoms. The second kappa shape index (κ2) is 2.42. The van der Waals surface area contributed by atoms with Gasteiger partial charge in [0, 0.05) is 12.3 Å². The number of thioether (sulfide) groups is 1. The summed E-state index contributed by atoms with van der Waals surface area (Å²) in [5, 5.41) is 4.36. The molecule has 1 aliphatic rings. The molecule has 52 valence electrons. The summed E-state index contributed by atoms with van der Waals surface area (Å²) in [6.07, 6.45) is 1.39. The number of aliphatic imine (C=N–C) groups is 1. The maximum Gasteiger partial charge on any atom is 0.282 e. The highest BCUT2D eigenvalue weighted by atomic mass is 32.2. The molecule has 0 atom stereocenters. The Morgan fingerprint density at radius 3 is 3.20 bits per heavy atom. The molecule has 0 aromatic carbocycles. The fraction of sp³-hybridized carbons (Fsp3) is 0.400. The van der Waals surface area contributed by atoms with Gasteiger partial charge in [-0.05, 0) is 0 Å². The van der Waals surface area contributed by atoms with E-state index >= 15 is 0 Å². The van der Waals surface area contributed by atoms with Crippen LogP contribution in [-0.4, -0.2) is 27.5 Å². The van der Waals surface area contributed by atoms with Crippen LogP contribution >= 0.6 is 11.8 Å². The van der Waals surface area contributed by atoms with Crippen LogP contribution < -0.4 is 0 Å². The average molecular weight is 155 g/mol. The molecule has 0 saturated heterocycles. The molecular weight excluding hydrogens is 150 g/mol. The molecule has 5 heteroatoms. The van der Waals surface area contributed by atoms with Crippen molar-refractivity contribution in [2.45, 2.75) is 0 Å². The van der Waals surface area contributed by atoms with Crippen molar-refractivity contribution in [2.24, 2.45) is 4.99 Å². The Bertz CT molecular complexity index is 243. The highest BCUT2D eigenvalue weighted by Gasteiger charge is 2.13. The second-order valence-electron chi connectivity index (χ2n) is 1.78. The molecule has 0 amide bonds. The lowest BCUT2D eigenvalue weighted by Crippen LogP contribution is -1.90. The van der Waals surface area contributed by atoms with Crippen molar-refractivity contribution < 1.29 is 4.52 Å². The first-order valence-electron chi connectivity index (χ1n) is 2.91. The summed E-state index contributed by atoms with van der Waals surface area (Å²) >= 11 is 1.65. The van der Waals surface area contributed by atoms with Crippen molar-refractivity contribution in [3.05, 3.63) is 12.2 Å². The number of aromatic nitrogens is 2. The van der Waals surface area contributed by atoms with Gasteiger partial charge in [0.1, 0.15) is 0 Å². The third-order valence-electron chi connectivity index (χ3n) is 1.13. The molecule has 1 aromatic heterocycles. The van der Waals surface area contributed by atoms with Crippen LogP contribution in [0.25, 0.3) is 0 Å². The Kier molecular flexibility index (Phi) is 1.43. The number of hydrogen-bond acceptors (Lipinski definition) is 5. The van der Waals surface area contributed by atoms with E-state index in [0.717, 1.165) is 17.3 Å². The molecule has 2 heterocycles. The van der Waals surface area contributed by atoms with Crippen molar-refractivity contribution in [3.8, 4) is 0 Å². The smallest absolute Gasteiger partial charge is 0.282 e. The van der Waals surface area contributed by atoms with Crippen molar-refractivity contribution in [1.29, 1.82) is 0 Å². The number of nitrogens with zero attached hydrogens (tertiary/aromatic N) is 3. The van der Waals surface area contributed by atoms with Crippen LogP contribution in [0.1, 0.15) is 5.89 Å². The van der Waals surface area contributed by atoms with Crippen LogP contribution in [0.15, 0.2) is 15.8 Å². The summed E-state index contributed by atoms with van der Waals surface area (Å²) in [5.74, 6) is 1.57. The van der Waals surface area contributed by atoms with Gasteiger partial charge in [0.25, 0.3) is 5.89 Å². The first-order valence-corrected chi connectivity index (χ1v) is 3.89. The number of hydrogen-bond donors (Lipinski definition) is 0. The highest BCUT2D eigenvalue weighted by Crippen LogP contribution is 2.16. The third kappa shape index (κ3) is 0.923. The van der Waals surface area contributed by atoms with Crippen LogP contribution in [-0.2, 0) is 0 Å². The molecule has 0 fully saturated rings. The summed E-state index contributed by atoms with van der Waals surface area (Å²) < 4.78 is 4.80. The molecule has 0 saturated carbocycles. The van der Waals surface area contributed by atoms with Crippen LogP contribution in [0.2, 0.25) is 0 Å². The molecule has 0 aliphatic carbocycles. The minimum atomic E-state index is 0.544. The standard InChI is InChI=1S/C5H5N3OS/c1-2-10-5(6-1)4-7-3-8-9-4/h3H,1-2H2. The van der Waals surface area contributed by atoms with E-state index in [1.165, 1.54) is 6.33 Å². The van der Waals surface area contributed by atoms with Crippen molar-refractivity contribution >= 4 is 16.8 Å². The molecule has 1 aliphatic heterocycles. The predicted octanol–water partition coefficient (Wildman–Crippen LogP) is 0.563. The fourth-order valence-corrected chi connectivity index (χ4v) is 1.50. The molecule has 0 unspecified atom stereocenters. The Morgan fingerprint density at radius 2 is 2.60 bits per heavy atom. The van der Waals surface area contributed by atoms with Gasteiger partial charge in [-0.25, -0.2) is 0 Å². The predicted molar refractivity (Wildman–Crippen MR) is 38.2 cm³/mol. The van der Waals surface area contributed by atoms with Crippen molar-refractivity contribution in [2.75, 3.05) is 12.3 Å². The SMILES string of the molecule is c1noc(C2=NCCS2)n1. The molecule has 0 N–H and O–H groups in total. The van der Waals surface area contributed by atoms with Gasteiger partial charge in [-0.15, -0.1) is 0 Å². The largest absolute Gasteiger partial charge is 0.332 e. The van der Waals surface area contributed by atoms with Gasteiger partial charge in [-0.1, -0.05) is 16.9 Å². The Hall–Kier alpha value is -0.840. The van der Waals surface area contributed by atoms with Crippen molar-refractivity contribution in [1.82, 2.24) is 10.1 Å². The van der Waals surface area contributed by atoms with Crippen LogP contribution in [0.4, 0.5) is 0 Å². The minimum Gasteiger partial charge on any atom is -0.332 e. The van der Waals surface area contributed by atoms with Crippen LogP contribution in [0.3, 0.4) is 0 Å². The zero-order chi connectivity index (χ0) is 6.81. The third-order valence-corrected chi connectivity index (χ3v) is 2.09. The lowest BCUT2D eigenvalue weighted by molar-refractivity contribution is 0.411. The van der Waals surface area contributed by atoms with E-state index in [4.69, 9.17) is 4.52 Å². The number of rotatable bonds is 1. The first-order chi connectivity index (χ1) is 4.97. The zero-order valence-electron chi connectivity index (χ0n) is 5.15. The topological polar surface area (TPSA) is 51.3 Å². The summed E-state index contributed by atoms with van der Waals surface area (Å²) in [5.41, 5.74) is 0. The molecule has 1 aromatic rings. The Labute approximate surface area is 61.7 Å². The van der Waals surface area contributed by atoms with E-state index in [1.54, 1.807) is 11.8 Å². The van der Waals surface area contributed by atoms with Gasteiger partial charge in [0.15, 0.2) is 11.4 Å². The zero-order valence-corrected chi connectivity index (χ0v) is 5.97. The maximum atomic E-state index is 4.80. The van der Waals surface area contributed by atoms with E-state index < -0.39 is 0 Å². The Morgan fingerprint density at radius 1 is 1.60 bits per heavy atom. The van der Waals surface area contributed by atoms with E-state index in [2.05, 4.69) is 15.1 Å². The second-order valence-corrected chi connectivity index (χ2v) is 2.87. The summed E-state index contributed by atoms with van der Waals surface area (Å²) in [4.78, 5) is 8.03. The van der Waals surface area contributed by atoms with Gasteiger partial charge >= 0.3 is 0 Å². The van der Waals surface area contributed by atoms with Crippen LogP contribution in [0.5, 0.6) is 0 Å². The van der Waals surface area contributed by atoms with Gasteiger partial charge in [-0.2, -0.15) is 4.98 Å². The normalized spacial score (nSPS) is 17.4.